The van der Waals surface area contributed by atoms with Crippen LogP contribution in [0.4, 0.5) is 0 Å². The van der Waals surface area contributed by atoms with E-state index in [-0.39, 0.29) is 5.56 Å². The smallest absolute Gasteiger partial charge is 0.336 e. The molecular weight excluding hydrogens is 292 g/mol. The Kier molecular flexibility index (Phi) is 4.38. The number of halogens is 1. The zero-order valence-electron chi connectivity index (χ0n) is 11.9. The van der Waals surface area contributed by atoms with Gasteiger partial charge in [0.05, 0.1) is 19.8 Å². The molecule has 110 valence electrons. The molecule has 2 rings (SSSR count). The molecule has 0 bridgehead atoms. The van der Waals surface area contributed by atoms with Gasteiger partial charge >= 0.3 is 5.97 Å². The van der Waals surface area contributed by atoms with Gasteiger partial charge in [-0.3, -0.25) is 0 Å². The fourth-order valence-corrected chi connectivity index (χ4v) is 2.50. The molecular formula is C16H15ClO4. The van der Waals surface area contributed by atoms with E-state index in [9.17, 15) is 9.90 Å². The van der Waals surface area contributed by atoms with Crippen LogP contribution in [0.5, 0.6) is 11.5 Å². The largest absolute Gasteiger partial charge is 0.495 e. The molecule has 0 aromatic heterocycles. The molecule has 0 fully saturated rings. The van der Waals surface area contributed by atoms with Crippen LogP contribution in [-0.4, -0.2) is 25.3 Å². The van der Waals surface area contributed by atoms with Crippen molar-refractivity contribution in [3.8, 4) is 22.6 Å². The fraction of sp³-hybridized carbons (Fsp3) is 0.188. The molecule has 0 unspecified atom stereocenters. The molecule has 0 heterocycles. The summed E-state index contributed by atoms with van der Waals surface area (Å²) in [6.07, 6.45) is 0. The lowest BCUT2D eigenvalue weighted by atomic mass is 9.97. The number of rotatable bonds is 4. The number of methoxy groups -OCH3 is 2. The molecule has 0 aliphatic rings. The number of ether oxygens (including phenoxy) is 2. The Morgan fingerprint density at radius 3 is 2.33 bits per heavy atom. The Labute approximate surface area is 127 Å². The molecule has 0 spiro atoms. The van der Waals surface area contributed by atoms with Gasteiger partial charge in [0.1, 0.15) is 16.5 Å². The first kappa shape index (κ1) is 15.2. The highest BCUT2D eigenvalue weighted by atomic mass is 35.5. The second-order valence-corrected chi connectivity index (χ2v) is 4.89. The number of carbonyl (C=O) groups is 1. The number of carboxylic acid groups (broad SMARTS) is 1. The first-order valence-corrected chi connectivity index (χ1v) is 6.62. The quantitative estimate of drug-likeness (QED) is 0.926. The van der Waals surface area contributed by atoms with E-state index >= 15 is 0 Å². The third-order valence-electron chi connectivity index (χ3n) is 3.18. The van der Waals surface area contributed by atoms with Crippen LogP contribution >= 0.6 is 11.6 Å². The molecule has 0 amide bonds. The maximum absolute atomic E-state index is 11.5. The maximum atomic E-state index is 11.5. The summed E-state index contributed by atoms with van der Waals surface area (Å²) < 4.78 is 10.5. The van der Waals surface area contributed by atoms with Crippen LogP contribution < -0.4 is 9.47 Å². The maximum Gasteiger partial charge on any atom is 0.336 e. The molecule has 2 aromatic rings. The van der Waals surface area contributed by atoms with Gasteiger partial charge in [-0.1, -0.05) is 29.3 Å². The number of benzene rings is 2. The van der Waals surface area contributed by atoms with Crippen molar-refractivity contribution in [3.63, 3.8) is 0 Å². The van der Waals surface area contributed by atoms with E-state index in [2.05, 4.69) is 0 Å². The minimum Gasteiger partial charge on any atom is -0.495 e. The van der Waals surface area contributed by atoms with E-state index in [4.69, 9.17) is 21.1 Å². The summed E-state index contributed by atoms with van der Waals surface area (Å²) in [6.45, 7) is 1.84. The van der Waals surface area contributed by atoms with Gasteiger partial charge in [0.2, 0.25) is 0 Å². The average Bonchev–Trinajstić information content (AvgIpc) is 2.46. The normalized spacial score (nSPS) is 10.3. The first-order chi connectivity index (χ1) is 9.99. The highest BCUT2D eigenvalue weighted by Crippen LogP contribution is 2.42. The summed E-state index contributed by atoms with van der Waals surface area (Å²) in [4.78, 5) is 11.5. The van der Waals surface area contributed by atoms with Crippen molar-refractivity contribution < 1.29 is 19.4 Å². The highest BCUT2D eigenvalue weighted by Gasteiger charge is 2.19. The molecule has 21 heavy (non-hydrogen) atoms. The Balaban J connectivity index is 2.73. The molecule has 0 aliphatic heterocycles. The van der Waals surface area contributed by atoms with Crippen LogP contribution in [0.25, 0.3) is 11.1 Å². The molecule has 2 aromatic carbocycles. The Bertz CT molecular complexity index is 695. The lowest BCUT2D eigenvalue weighted by Gasteiger charge is -2.15. The van der Waals surface area contributed by atoms with Crippen LogP contribution in [0.15, 0.2) is 30.3 Å². The molecule has 0 saturated heterocycles. The first-order valence-electron chi connectivity index (χ1n) is 6.24. The molecule has 4 nitrogen and oxygen atoms in total. The second kappa shape index (κ2) is 6.06. The van der Waals surface area contributed by atoms with Gasteiger partial charge in [-0.05, 0) is 30.7 Å². The standard InChI is InChI=1S/C16H15ClO4/c1-9-4-5-10(12(8-9)16(18)19)11-6-7-13(20-2)14(17)15(11)21-3/h4-8H,1-3H3,(H,18,19). The van der Waals surface area contributed by atoms with Crippen molar-refractivity contribution in [3.05, 3.63) is 46.5 Å². The highest BCUT2D eigenvalue weighted by molar-refractivity contribution is 6.34. The van der Waals surface area contributed by atoms with E-state index in [0.29, 0.717) is 27.6 Å². The zero-order valence-corrected chi connectivity index (χ0v) is 12.7. The summed E-state index contributed by atoms with van der Waals surface area (Å²) >= 11 is 6.23. The van der Waals surface area contributed by atoms with Gasteiger partial charge < -0.3 is 14.6 Å². The Morgan fingerprint density at radius 2 is 1.76 bits per heavy atom. The Morgan fingerprint density at radius 1 is 1.10 bits per heavy atom. The predicted molar refractivity (Wildman–Crippen MR) is 81.7 cm³/mol. The molecule has 0 atom stereocenters. The average molecular weight is 307 g/mol. The van der Waals surface area contributed by atoms with Crippen LogP contribution in [0.2, 0.25) is 5.02 Å². The topological polar surface area (TPSA) is 55.8 Å². The van der Waals surface area contributed by atoms with Crippen molar-refractivity contribution in [2.75, 3.05) is 14.2 Å². The van der Waals surface area contributed by atoms with E-state index in [1.165, 1.54) is 14.2 Å². The lowest BCUT2D eigenvalue weighted by Crippen LogP contribution is -2.01. The van der Waals surface area contributed by atoms with Gasteiger partial charge in [-0.2, -0.15) is 0 Å². The minimum atomic E-state index is -0.998. The van der Waals surface area contributed by atoms with Crippen molar-refractivity contribution in [2.24, 2.45) is 0 Å². The van der Waals surface area contributed by atoms with E-state index < -0.39 is 5.97 Å². The van der Waals surface area contributed by atoms with Crippen molar-refractivity contribution >= 4 is 17.6 Å². The van der Waals surface area contributed by atoms with E-state index in [1.54, 1.807) is 24.3 Å². The van der Waals surface area contributed by atoms with Crippen LogP contribution in [0.3, 0.4) is 0 Å². The summed E-state index contributed by atoms with van der Waals surface area (Å²) in [6, 6.07) is 8.64. The van der Waals surface area contributed by atoms with Crippen molar-refractivity contribution in [2.45, 2.75) is 6.92 Å². The van der Waals surface area contributed by atoms with Crippen molar-refractivity contribution in [1.82, 2.24) is 0 Å². The number of hydrogen-bond donors (Lipinski definition) is 1. The minimum absolute atomic E-state index is 0.203. The molecule has 0 saturated carbocycles. The fourth-order valence-electron chi connectivity index (χ4n) is 2.18. The number of aryl methyl sites for hydroxylation is 1. The van der Waals surface area contributed by atoms with Gasteiger partial charge in [0.25, 0.3) is 0 Å². The van der Waals surface area contributed by atoms with Crippen molar-refractivity contribution in [1.29, 1.82) is 0 Å². The van der Waals surface area contributed by atoms with Crippen LogP contribution in [0.1, 0.15) is 15.9 Å². The summed E-state index contributed by atoms with van der Waals surface area (Å²) in [5.41, 5.74) is 2.24. The van der Waals surface area contributed by atoms with Gasteiger partial charge in [0.15, 0.2) is 0 Å². The summed E-state index contributed by atoms with van der Waals surface area (Å²) in [5.74, 6) is -0.133. The van der Waals surface area contributed by atoms with Crippen LogP contribution in [-0.2, 0) is 0 Å². The van der Waals surface area contributed by atoms with E-state index in [1.807, 2.05) is 13.0 Å². The van der Waals surface area contributed by atoms with Gasteiger partial charge in [0, 0.05) is 5.56 Å². The van der Waals surface area contributed by atoms with Gasteiger partial charge in [-0.25, -0.2) is 4.79 Å². The SMILES string of the molecule is COc1ccc(-c2ccc(C)cc2C(=O)O)c(OC)c1Cl. The lowest BCUT2D eigenvalue weighted by molar-refractivity contribution is 0.0697. The summed E-state index contributed by atoms with van der Waals surface area (Å²) in [7, 11) is 2.99. The zero-order chi connectivity index (χ0) is 15.6. The third-order valence-corrected chi connectivity index (χ3v) is 3.54. The van der Waals surface area contributed by atoms with Crippen LogP contribution in [0, 0.1) is 6.92 Å². The number of carboxylic acids is 1. The second-order valence-electron chi connectivity index (χ2n) is 4.52. The number of hydrogen-bond acceptors (Lipinski definition) is 3. The number of aromatic carboxylic acids is 1. The van der Waals surface area contributed by atoms with Gasteiger partial charge in [-0.15, -0.1) is 0 Å². The molecule has 0 radical (unpaired) electrons. The molecule has 5 heteroatoms. The summed E-state index contributed by atoms with van der Waals surface area (Å²) in [5, 5.41) is 9.70. The predicted octanol–water partition coefficient (Wildman–Crippen LogP) is 4.03. The Hall–Kier alpha value is -2.20. The third kappa shape index (κ3) is 2.81. The molecule has 1 N–H and O–H groups in total. The monoisotopic (exact) mass is 306 g/mol. The molecule has 0 aliphatic carbocycles. The van der Waals surface area contributed by atoms with E-state index in [0.717, 1.165) is 5.56 Å².